The van der Waals surface area contributed by atoms with E-state index in [0.29, 0.717) is 18.5 Å². The van der Waals surface area contributed by atoms with E-state index in [4.69, 9.17) is 11.0 Å². The van der Waals surface area contributed by atoms with E-state index in [0.717, 1.165) is 32.0 Å². The number of hydrogen-bond acceptors (Lipinski definition) is 5. The Labute approximate surface area is 172 Å². The fourth-order valence-corrected chi connectivity index (χ4v) is 4.44. The van der Waals surface area contributed by atoms with Gasteiger partial charge in [-0.15, -0.1) is 11.3 Å². The molecule has 0 spiro atoms. The monoisotopic (exact) mass is 405 g/mol. The minimum Gasteiger partial charge on any atom is -0.398 e. The first-order valence-corrected chi connectivity index (χ1v) is 10.2. The molecule has 1 aromatic heterocycles. The number of nitrogen functional groups attached to an aromatic ring is 1. The second-order valence-electron chi connectivity index (χ2n) is 7.31. The van der Waals surface area contributed by atoms with Crippen molar-refractivity contribution in [1.82, 2.24) is 0 Å². The number of aliphatic imine (C=N–C) groups is 1. The van der Waals surface area contributed by atoms with E-state index >= 15 is 0 Å². The van der Waals surface area contributed by atoms with Crippen molar-refractivity contribution in [2.75, 3.05) is 5.73 Å². The fraction of sp³-hybridized carbons (Fsp3) is 0.217. The zero-order chi connectivity index (χ0) is 20.5. The van der Waals surface area contributed by atoms with Crippen LogP contribution in [-0.4, -0.2) is 23.5 Å². The summed E-state index contributed by atoms with van der Waals surface area (Å²) in [5, 5.41) is 18.4. The van der Waals surface area contributed by atoms with Crippen molar-refractivity contribution in [3.8, 4) is 27.6 Å². The second kappa shape index (κ2) is 7.78. The van der Waals surface area contributed by atoms with Gasteiger partial charge in [0, 0.05) is 32.8 Å². The van der Waals surface area contributed by atoms with E-state index in [1.165, 1.54) is 12.1 Å². The van der Waals surface area contributed by atoms with Crippen LogP contribution in [0.4, 0.5) is 10.1 Å². The van der Waals surface area contributed by atoms with Gasteiger partial charge in [0.2, 0.25) is 0 Å². The van der Waals surface area contributed by atoms with Crippen LogP contribution in [0.2, 0.25) is 0 Å². The summed E-state index contributed by atoms with van der Waals surface area (Å²) in [4.78, 5) is 6.64. The minimum absolute atomic E-state index is 0.0364. The highest BCUT2D eigenvalue weighted by atomic mass is 32.1. The number of nitrogens with zero attached hydrogens (tertiary/aromatic N) is 2. The fourth-order valence-electron chi connectivity index (χ4n) is 3.41. The summed E-state index contributed by atoms with van der Waals surface area (Å²) in [5.41, 5.74) is 10.3. The molecule has 146 valence electrons. The number of nitriles is 1. The van der Waals surface area contributed by atoms with Crippen LogP contribution < -0.4 is 5.73 Å². The molecular formula is C23H20FN3OS. The zero-order valence-corrected chi connectivity index (χ0v) is 16.7. The number of halogens is 1. The van der Waals surface area contributed by atoms with Crippen molar-refractivity contribution in [3.05, 3.63) is 64.3 Å². The number of anilines is 1. The highest BCUT2D eigenvalue weighted by molar-refractivity contribution is 7.16. The van der Waals surface area contributed by atoms with Crippen LogP contribution in [0.5, 0.6) is 0 Å². The molecular weight excluding hydrogens is 385 g/mol. The predicted octanol–water partition coefficient (Wildman–Crippen LogP) is 4.93. The number of aliphatic hydroxyl groups is 1. The molecule has 1 fully saturated rings. The molecule has 0 aliphatic heterocycles. The Balaban J connectivity index is 1.72. The van der Waals surface area contributed by atoms with Crippen LogP contribution in [0.3, 0.4) is 0 Å². The van der Waals surface area contributed by atoms with Gasteiger partial charge in [-0.3, -0.25) is 4.99 Å². The normalized spacial score (nSPS) is 18.6. The summed E-state index contributed by atoms with van der Waals surface area (Å²) in [6, 6.07) is 14.5. The Kier molecular flexibility index (Phi) is 5.18. The lowest BCUT2D eigenvalue weighted by molar-refractivity contribution is 0.0780. The van der Waals surface area contributed by atoms with E-state index in [1.54, 1.807) is 23.6 Å². The van der Waals surface area contributed by atoms with Gasteiger partial charge in [-0.05, 0) is 61.2 Å². The standard InChI is InChI=1S/C23H20FN3OS/c1-13-6-20(14-2-3-16(11-25)21(24)8-14)23(29-13)15-4-5-22(26)17(7-15)12-27-18-9-19(28)10-18/h2-8,12,18-19,28H,9-10,26H2,1H3. The molecule has 4 nitrogen and oxygen atoms in total. The summed E-state index contributed by atoms with van der Waals surface area (Å²) in [6.45, 7) is 2.01. The summed E-state index contributed by atoms with van der Waals surface area (Å²) in [7, 11) is 0. The molecule has 3 N–H and O–H groups in total. The largest absolute Gasteiger partial charge is 0.398 e. The number of hydrogen-bond donors (Lipinski definition) is 2. The third-order valence-electron chi connectivity index (χ3n) is 5.12. The van der Waals surface area contributed by atoms with Crippen molar-refractivity contribution >= 4 is 23.2 Å². The maximum atomic E-state index is 14.2. The van der Waals surface area contributed by atoms with Crippen LogP contribution in [-0.2, 0) is 0 Å². The molecule has 0 saturated heterocycles. The van der Waals surface area contributed by atoms with E-state index in [2.05, 4.69) is 4.99 Å². The molecule has 4 rings (SSSR count). The van der Waals surface area contributed by atoms with Gasteiger partial charge in [0.1, 0.15) is 11.9 Å². The van der Waals surface area contributed by atoms with Crippen LogP contribution in [0.25, 0.3) is 21.6 Å². The summed E-state index contributed by atoms with van der Waals surface area (Å²) in [6.07, 6.45) is 2.91. The van der Waals surface area contributed by atoms with Gasteiger partial charge in [0.15, 0.2) is 0 Å². The van der Waals surface area contributed by atoms with Crippen LogP contribution in [0, 0.1) is 24.1 Å². The molecule has 0 radical (unpaired) electrons. The van der Waals surface area contributed by atoms with Crippen LogP contribution >= 0.6 is 11.3 Å². The van der Waals surface area contributed by atoms with Gasteiger partial charge in [-0.25, -0.2) is 4.39 Å². The first-order chi connectivity index (χ1) is 13.9. The average molecular weight is 405 g/mol. The minimum atomic E-state index is -0.521. The summed E-state index contributed by atoms with van der Waals surface area (Å²) in [5.74, 6) is -0.521. The van der Waals surface area contributed by atoms with Crippen LogP contribution in [0.15, 0.2) is 47.5 Å². The summed E-state index contributed by atoms with van der Waals surface area (Å²) < 4.78 is 14.2. The van der Waals surface area contributed by atoms with Crippen molar-refractivity contribution in [2.24, 2.45) is 4.99 Å². The molecule has 1 saturated carbocycles. The summed E-state index contributed by atoms with van der Waals surface area (Å²) >= 11 is 1.63. The molecule has 0 amide bonds. The zero-order valence-electron chi connectivity index (χ0n) is 15.9. The van der Waals surface area contributed by atoms with Crippen LogP contribution in [0.1, 0.15) is 28.8 Å². The topological polar surface area (TPSA) is 82.4 Å². The third kappa shape index (κ3) is 3.93. The van der Waals surface area contributed by atoms with Gasteiger partial charge in [0.25, 0.3) is 0 Å². The molecule has 1 heterocycles. The third-order valence-corrected chi connectivity index (χ3v) is 6.22. The molecule has 0 atom stereocenters. The Bertz CT molecular complexity index is 1140. The van der Waals surface area contributed by atoms with Gasteiger partial charge in [-0.1, -0.05) is 12.1 Å². The lowest BCUT2D eigenvalue weighted by Gasteiger charge is -2.27. The number of aliphatic hydroxyl groups excluding tert-OH is 1. The second-order valence-corrected chi connectivity index (χ2v) is 8.56. The van der Waals surface area contributed by atoms with E-state index in [1.807, 2.05) is 37.3 Å². The van der Waals surface area contributed by atoms with Gasteiger partial charge in [-0.2, -0.15) is 5.26 Å². The van der Waals surface area contributed by atoms with E-state index in [-0.39, 0.29) is 17.7 Å². The van der Waals surface area contributed by atoms with Gasteiger partial charge in [0.05, 0.1) is 17.7 Å². The van der Waals surface area contributed by atoms with Crippen molar-refractivity contribution in [1.29, 1.82) is 5.26 Å². The maximum absolute atomic E-state index is 14.2. The number of benzene rings is 2. The molecule has 2 aromatic carbocycles. The first kappa shape index (κ1) is 19.3. The molecule has 0 bridgehead atoms. The van der Waals surface area contributed by atoms with E-state index < -0.39 is 5.82 Å². The molecule has 6 heteroatoms. The van der Waals surface area contributed by atoms with Crippen molar-refractivity contribution < 1.29 is 9.50 Å². The van der Waals surface area contributed by atoms with Gasteiger partial charge >= 0.3 is 0 Å². The predicted molar refractivity (Wildman–Crippen MR) is 116 cm³/mol. The van der Waals surface area contributed by atoms with Crippen molar-refractivity contribution in [2.45, 2.75) is 31.9 Å². The lowest BCUT2D eigenvalue weighted by atomic mass is 9.90. The first-order valence-electron chi connectivity index (χ1n) is 9.36. The van der Waals surface area contributed by atoms with Gasteiger partial charge < -0.3 is 10.8 Å². The lowest BCUT2D eigenvalue weighted by Crippen LogP contribution is -2.31. The average Bonchev–Trinajstić information content (AvgIpc) is 3.07. The SMILES string of the molecule is Cc1cc(-c2ccc(C#N)c(F)c2)c(-c2ccc(N)c(C=NC3CC(O)C3)c2)s1. The number of rotatable bonds is 4. The molecule has 3 aromatic rings. The van der Waals surface area contributed by atoms with Crippen molar-refractivity contribution in [3.63, 3.8) is 0 Å². The number of nitrogens with two attached hydrogens (primary N) is 1. The number of aryl methyl sites for hydroxylation is 1. The molecule has 0 unspecified atom stereocenters. The Morgan fingerprint density at radius 3 is 2.66 bits per heavy atom. The Morgan fingerprint density at radius 2 is 1.97 bits per heavy atom. The molecule has 1 aliphatic rings. The molecule has 29 heavy (non-hydrogen) atoms. The highest BCUT2D eigenvalue weighted by Gasteiger charge is 2.25. The maximum Gasteiger partial charge on any atom is 0.141 e. The quantitative estimate of drug-likeness (QED) is 0.477. The Morgan fingerprint density at radius 1 is 1.21 bits per heavy atom. The smallest absolute Gasteiger partial charge is 0.141 e. The Hall–Kier alpha value is -3.01. The highest BCUT2D eigenvalue weighted by Crippen LogP contribution is 2.40. The molecule has 1 aliphatic carbocycles. The van der Waals surface area contributed by atoms with E-state index in [9.17, 15) is 9.50 Å². The number of thiophene rings is 1.